The van der Waals surface area contributed by atoms with Gasteiger partial charge in [-0.05, 0) is 33.2 Å². The minimum atomic E-state index is -0.254. The molecule has 1 rings (SSSR count). The minimum absolute atomic E-state index is 0.153. The predicted molar refractivity (Wildman–Crippen MR) is 79.8 cm³/mol. The molecule has 1 aliphatic heterocycles. The van der Waals surface area contributed by atoms with Gasteiger partial charge in [-0.1, -0.05) is 13.8 Å². The lowest BCUT2D eigenvalue weighted by Crippen LogP contribution is -2.52. The summed E-state index contributed by atoms with van der Waals surface area (Å²) in [6.45, 7) is 11.8. The second-order valence-corrected chi connectivity index (χ2v) is 5.61. The normalized spacial score (nSPS) is 21.9. The SMILES string of the molecule is CCOC(=O)C(CN1CCCC(OCC)C1)NC(C)C. The lowest BCUT2D eigenvalue weighted by molar-refractivity contribution is -0.146. The number of likely N-dealkylation sites (tertiary alicyclic amines) is 1. The van der Waals surface area contributed by atoms with Crippen molar-refractivity contribution in [2.45, 2.75) is 58.7 Å². The number of carbonyl (C=O) groups excluding carboxylic acids is 1. The fraction of sp³-hybridized carbons (Fsp3) is 0.933. The van der Waals surface area contributed by atoms with Gasteiger partial charge in [0.05, 0.1) is 12.7 Å². The van der Waals surface area contributed by atoms with Gasteiger partial charge >= 0.3 is 5.97 Å². The number of piperidine rings is 1. The molecule has 0 saturated carbocycles. The van der Waals surface area contributed by atoms with Crippen LogP contribution in [0.25, 0.3) is 0 Å². The monoisotopic (exact) mass is 286 g/mol. The number of esters is 1. The molecule has 0 radical (unpaired) electrons. The van der Waals surface area contributed by atoms with Crippen molar-refractivity contribution in [2.24, 2.45) is 0 Å². The van der Waals surface area contributed by atoms with E-state index in [1.54, 1.807) is 0 Å². The van der Waals surface area contributed by atoms with Crippen LogP contribution in [0.15, 0.2) is 0 Å². The van der Waals surface area contributed by atoms with Crippen molar-refractivity contribution >= 4 is 5.97 Å². The summed E-state index contributed by atoms with van der Waals surface area (Å²) in [6.07, 6.45) is 2.55. The molecule has 1 saturated heterocycles. The fourth-order valence-electron chi connectivity index (χ4n) is 2.65. The van der Waals surface area contributed by atoms with E-state index in [2.05, 4.69) is 10.2 Å². The first kappa shape index (κ1) is 17.4. The van der Waals surface area contributed by atoms with Crippen LogP contribution >= 0.6 is 0 Å². The van der Waals surface area contributed by atoms with Gasteiger partial charge in [0, 0.05) is 25.7 Å². The van der Waals surface area contributed by atoms with E-state index in [0.29, 0.717) is 19.3 Å². The molecule has 0 aromatic carbocycles. The topological polar surface area (TPSA) is 50.8 Å². The summed E-state index contributed by atoms with van der Waals surface area (Å²) in [7, 11) is 0. The highest BCUT2D eigenvalue weighted by atomic mass is 16.5. The molecule has 0 bridgehead atoms. The Labute approximate surface area is 123 Å². The van der Waals surface area contributed by atoms with Gasteiger partial charge in [-0.15, -0.1) is 0 Å². The van der Waals surface area contributed by atoms with Gasteiger partial charge in [-0.2, -0.15) is 0 Å². The molecule has 0 aromatic rings. The molecule has 118 valence electrons. The third kappa shape index (κ3) is 6.20. The molecule has 5 heteroatoms. The third-order valence-electron chi connectivity index (χ3n) is 3.41. The highest BCUT2D eigenvalue weighted by molar-refractivity contribution is 5.76. The van der Waals surface area contributed by atoms with Crippen LogP contribution in [-0.2, 0) is 14.3 Å². The Morgan fingerprint density at radius 3 is 2.70 bits per heavy atom. The Kier molecular flexibility index (Phi) is 8.11. The molecular weight excluding hydrogens is 256 g/mol. The van der Waals surface area contributed by atoms with Crippen LogP contribution in [0.1, 0.15) is 40.5 Å². The van der Waals surface area contributed by atoms with E-state index in [1.165, 1.54) is 0 Å². The first-order chi connectivity index (χ1) is 9.56. The summed E-state index contributed by atoms with van der Waals surface area (Å²) in [6, 6.07) is 0.00668. The predicted octanol–water partition coefficient (Wildman–Crippen LogP) is 1.42. The zero-order valence-electron chi connectivity index (χ0n) is 13.4. The van der Waals surface area contributed by atoms with Gasteiger partial charge < -0.3 is 14.8 Å². The molecule has 1 fully saturated rings. The Bertz CT molecular complexity index is 282. The van der Waals surface area contributed by atoms with E-state index >= 15 is 0 Å². The summed E-state index contributed by atoms with van der Waals surface area (Å²) in [5.41, 5.74) is 0. The molecule has 2 unspecified atom stereocenters. The minimum Gasteiger partial charge on any atom is -0.465 e. The summed E-state index contributed by atoms with van der Waals surface area (Å²) in [4.78, 5) is 14.3. The molecule has 1 aliphatic rings. The molecule has 0 amide bonds. The maximum absolute atomic E-state index is 12.0. The fourth-order valence-corrected chi connectivity index (χ4v) is 2.65. The maximum Gasteiger partial charge on any atom is 0.324 e. The van der Waals surface area contributed by atoms with Crippen LogP contribution in [0.4, 0.5) is 0 Å². The molecule has 1 N–H and O–H groups in total. The first-order valence-corrected chi connectivity index (χ1v) is 7.83. The second-order valence-electron chi connectivity index (χ2n) is 5.61. The Balaban J connectivity index is 2.52. The van der Waals surface area contributed by atoms with Crippen LogP contribution in [0.5, 0.6) is 0 Å². The van der Waals surface area contributed by atoms with Crippen LogP contribution in [0.2, 0.25) is 0 Å². The van der Waals surface area contributed by atoms with Crippen molar-refractivity contribution in [2.75, 3.05) is 32.8 Å². The van der Waals surface area contributed by atoms with Gasteiger partial charge in [0.25, 0.3) is 0 Å². The molecule has 0 spiro atoms. The second kappa shape index (κ2) is 9.32. The Hall–Kier alpha value is -0.650. The molecular formula is C15H30N2O3. The summed E-state index contributed by atoms with van der Waals surface area (Å²) < 4.78 is 10.9. The van der Waals surface area contributed by atoms with E-state index in [1.807, 2.05) is 27.7 Å². The molecule has 5 nitrogen and oxygen atoms in total. The number of carbonyl (C=O) groups is 1. The summed E-state index contributed by atoms with van der Waals surface area (Å²) in [5, 5.41) is 3.30. The van der Waals surface area contributed by atoms with Gasteiger partial charge in [0.1, 0.15) is 6.04 Å². The van der Waals surface area contributed by atoms with E-state index in [4.69, 9.17) is 9.47 Å². The van der Waals surface area contributed by atoms with Crippen molar-refractivity contribution in [3.05, 3.63) is 0 Å². The third-order valence-corrected chi connectivity index (χ3v) is 3.41. The number of hydrogen-bond acceptors (Lipinski definition) is 5. The van der Waals surface area contributed by atoms with Crippen molar-refractivity contribution < 1.29 is 14.3 Å². The van der Waals surface area contributed by atoms with E-state index in [0.717, 1.165) is 32.5 Å². The maximum atomic E-state index is 12.0. The van der Waals surface area contributed by atoms with Crippen molar-refractivity contribution in [1.29, 1.82) is 0 Å². The first-order valence-electron chi connectivity index (χ1n) is 7.83. The smallest absolute Gasteiger partial charge is 0.324 e. The van der Waals surface area contributed by atoms with Crippen LogP contribution < -0.4 is 5.32 Å². The van der Waals surface area contributed by atoms with Gasteiger partial charge in [-0.3, -0.25) is 9.69 Å². The van der Waals surface area contributed by atoms with E-state index < -0.39 is 0 Å². The van der Waals surface area contributed by atoms with Crippen LogP contribution in [-0.4, -0.2) is 61.9 Å². The van der Waals surface area contributed by atoms with Gasteiger partial charge in [0.2, 0.25) is 0 Å². The van der Waals surface area contributed by atoms with Crippen LogP contribution in [0, 0.1) is 0 Å². The molecule has 2 atom stereocenters. The Morgan fingerprint density at radius 2 is 2.10 bits per heavy atom. The molecule has 0 aliphatic carbocycles. The highest BCUT2D eigenvalue weighted by Gasteiger charge is 2.27. The number of nitrogens with one attached hydrogen (secondary N) is 1. The lowest BCUT2D eigenvalue weighted by atomic mass is 10.1. The lowest BCUT2D eigenvalue weighted by Gasteiger charge is -2.34. The summed E-state index contributed by atoms with van der Waals surface area (Å²) >= 11 is 0. The molecule has 20 heavy (non-hydrogen) atoms. The standard InChI is InChI=1S/C15H30N2O3/c1-5-19-13-8-7-9-17(10-13)11-14(16-12(3)4)15(18)20-6-2/h12-14,16H,5-11H2,1-4H3. The quantitative estimate of drug-likeness (QED) is 0.684. The largest absolute Gasteiger partial charge is 0.465 e. The summed E-state index contributed by atoms with van der Waals surface area (Å²) in [5.74, 6) is -0.153. The van der Waals surface area contributed by atoms with E-state index in [9.17, 15) is 4.79 Å². The average molecular weight is 286 g/mol. The van der Waals surface area contributed by atoms with Gasteiger partial charge in [0.15, 0.2) is 0 Å². The Morgan fingerprint density at radius 1 is 1.35 bits per heavy atom. The van der Waals surface area contributed by atoms with Gasteiger partial charge in [-0.25, -0.2) is 0 Å². The average Bonchev–Trinajstić information content (AvgIpc) is 2.38. The van der Waals surface area contributed by atoms with Crippen LogP contribution in [0.3, 0.4) is 0 Å². The zero-order chi connectivity index (χ0) is 15.0. The molecule has 1 heterocycles. The van der Waals surface area contributed by atoms with Crippen molar-refractivity contribution in [3.8, 4) is 0 Å². The number of nitrogens with zero attached hydrogens (tertiary/aromatic N) is 1. The number of hydrogen-bond donors (Lipinski definition) is 1. The molecule has 0 aromatic heterocycles. The van der Waals surface area contributed by atoms with Crippen molar-refractivity contribution in [1.82, 2.24) is 10.2 Å². The highest BCUT2D eigenvalue weighted by Crippen LogP contribution is 2.13. The zero-order valence-corrected chi connectivity index (χ0v) is 13.4. The van der Waals surface area contributed by atoms with Crippen molar-refractivity contribution in [3.63, 3.8) is 0 Å². The number of rotatable bonds is 8. The van der Waals surface area contributed by atoms with E-state index in [-0.39, 0.29) is 18.1 Å². The number of ether oxygens (including phenoxy) is 2.